The van der Waals surface area contributed by atoms with Crippen LogP contribution in [0, 0.1) is 18.6 Å². The van der Waals surface area contributed by atoms with E-state index in [2.05, 4.69) is 15.3 Å². The van der Waals surface area contributed by atoms with Crippen molar-refractivity contribution >= 4 is 17.5 Å². The number of amides is 2. The quantitative estimate of drug-likeness (QED) is 0.754. The number of anilines is 1. The van der Waals surface area contributed by atoms with Crippen LogP contribution in [0.25, 0.3) is 0 Å². The third kappa shape index (κ3) is 6.53. The minimum absolute atomic E-state index is 0.0436. The molecule has 0 spiro atoms. The standard InChI is InChI=1S/C23H28F2N4O3/c1-15-26-9-7-20(27-15)22(31)28-18-5-6-21(30)29(10-4-3-8-23(2,32)14-18)19-12-16(24)11-17(25)13-19/h7,9,11-13,18,32H,3-6,8,10,14H2,1-2H3,(H,28,31)/t18?,23-/m0/s1. The molecule has 9 heteroatoms. The van der Waals surface area contributed by atoms with E-state index in [-0.39, 0.29) is 43.1 Å². The number of benzene rings is 1. The minimum Gasteiger partial charge on any atom is -0.390 e. The normalized spacial score (nSPS) is 22.8. The van der Waals surface area contributed by atoms with Gasteiger partial charge in [-0.3, -0.25) is 9.59 Å². The maximum Gasteiger partial charge on any atom is 0.270 e. The van der Waals surface area contributed by atoms with E-state index in [1.807, 2.05) is 0 Å². The lowest BCUT2D eigenvalue weighted by Crippen LogP contribution is -2.42. The summed E-state index contributed by atoms with van der Waals surface area (Å²) in [5, 5.41) is 13.7. The summed E-state index contributed by atoms with van der Waals surface area (Å²) in [6.07, 6.45) is 3.71. The Morgan fingerprint density at radius 3 is 2.66 bits per heavy atom. The molecule has 1 saturated heterocycles. The van der Waals surface area contributed by atoms with Crippen LogP contribution < -0.4 is 10.2 Å². The summed E-state index contributed by atoms with van der Waals surface area (Å²) < 4.78 is 27.5. The zero-order chi connectivity index (χ0) is 23.3. The summed E-state index contributed by atoms with van der Waals surface area (Å²) >= 11 is 0. The number of aryl methyl sites for hydroxylation is 1. The molecular formula is C23H28F2N4O3. The molecule has 0 radical (unpaired) electrons. The van der Waals surface area contributed by atoms with Crippen molar-refractivity contribution in [2.75, 3.05) is 11.4 Å². The van der Waals surface area contributed by atoms with Crippen molar-refractivity contribution in [1.82, 2.24) is 15.3 Å². The fraction of sp³-hybridized carbons (Fsp3) is 0.478. The van der Waals surface area contributed by atoms with Crippen LogP contribution in [0.5, 0.6) is 0 Å². The van der Waals surface area contributed by atoms with Gasteiger partial charge in [-0.25, -0.2) is 18.7 Å². The van der Waals surface area contributed by atoms with Crippen LogP contribution in [0.1, 0.15) is 61.8 Å². The van der Waals surface area contributed by atoms with E-state index in [1.54, 1.807) is 13.8 Å². The van der Waals surface area contributed by atoms with Gasteiger partial charge in [-0.05, 0) is 64.2 Å². The van der Waals surface area contributed by atoms with Gasteiger partial charge in [0.15, 0.2) is 0 Å². The van der Waals surface area contributed by atoms with Crippen molar-refractivity contribution < 1.29 is 23.5 Å². The molecule has 7 nitrogen and oxygen atoms in total. The molecule has 2 amide bonds. The van der Waals surface area contributed by atoms with Gasteiger partial charge in [0, 0.05) is 37.0 Å². The first-order valence-electron chi connectivity index (χ1n) is 10.7. The Labute approximate surface area is 185 Å². The van der Waals surface area contributed by atoms with E-state index in [0.29, 0.717) is 25.1 Å². The molecule has 1 fully saturated rings. The van der Waals surface area contributed by atoms with E-state index in [0.717, 1.165) is 18.2 Å². The van der Waals surface area contributed by atoms with Gasteiger partial charge in [-0.1, -0.05) is 0 Å². The number of nitrogens with one attached hydrogen (secondary N) is 1. The molecule has 2 heterocycles. The SMILES string of the molecule is Cc1nccc(C(=O)NC2CCC(=O)N(c3cc(F)cc(F)c3)CCCC[C@](C)(O)C2)n1. The van der Waals surface area contributed by atoms with E-state index in [4.69, 9.17) is 0 Å². The fourth-order valence-corrected chi connectivity index (χ4v) is 4.00. The van der Waals surface area contributed by atoms with Gasteiger partial charge in [-0.15, -0.1) is 0 Å². The van der Waals surface area contributed by atoms with E-state index in [1.165, 1.54) is 17.2 Å². The second kappa shape index (κ2) is 10.1. The summed E-state index contributed by atoms with van der Waals surface area (Å²) in [6.45, 7) is 3.67. The summed E-state index contributed by atoms with van der Waals surface area (Å²) in [5.41, 5.74) is -0.673. The number of rotatable bonds is 3. The predicted molar refractivity (Wildman–Crippen MR) is 115 cm³/mol. The molecule has 0 saturated carbocycles. The van der Waals surface area contributed by atoms with Crippen LogP contribution in [0.15, 0.2) is 30.5 Å². The second-order valence-electron chi connectivity index (χ2n) is 8.53. The van der Waals surface area contributed by atoms with Gasteiger partial charge in [0.2, 0.25) is 5.91 Å². The van der Waals surface area contributed by atoms with Crippen molar-refractivity contribution in [2.24, 2.45) is 0 Å². The van der Waals surface area contributed by atoms with Gasteiger partial charge in [-0.2, -0.15) is 0 Å². The molecule has 1 aromatic carbocycles. The molecule has 1 aromatic heterocycles. The maximum absolute atomic E-state index is 13.7. The third-order valence-corrected chi connectivity index (χ3v) is 5.54. The number of nitrogens with zero attached hydrogens (tertiary/aromatic N) is 3. The number of aliphatic hydroxyl groups is 1. The lowest BCUT2D eigenvalue weighted by molar-refractivity contribution is -0.118. The van der Waals surface area contributed by atoms with Gasteiger partial charge in [0.05, 0.1) is 5.60 Å². The number of aromatic nitrogens is 2. The molecule has 3 rings (SSSR count). The van der Waals surface area contributed by atoms with E-state index < -0.39 is 29.2 Å². The summed E-state index contributed by atoms with van der Waals surface area (Å²) in [5.74, 6) is -1.76. The number of hydrogen-bond acceptors (Lipinski definition) is 5. The number of carbonyl (C=O) groups excluding carboxylic acids is 2. The van der Waals surface area contributed by atoms with Crippen LogP contribution in [-0.2, 0) is 4.79 Å². The number of carbonyl (C=O) groups is 2. The molecule has 1 aliphatic rings. The molecule has 32 heavy (non-hydrogen) atoms. The molecule has 1 unspecified atom stereocenters. The molecule has 2 aromatic rings. The van der Waals surface area contributed by atoms with Crippen molar-refractivity contribution in [2.45, 2.75) is 64.0 Å². The van der Waals surface area contributed by atoms with Crippen molar-refractivity contribution in [3.63, 3.8) is 0 Å². The number of halogens is 2. The third-order valence-electron chi connectivity index (χ3n) is 5.54. The van der Waals surface area contributed by atoms with Gasteiger partial charge >= 0.3 is 0 Å². The molecular weight excluding hydrogens is 418 g/mol. The molecule has 1 aliphatic heterocycles. The molecule has 172 valence electrons. The molecule has 2 N–H and O–H groups in total. The lowest BCUT2D eigenvalue weighted by atomic mass is 9.89. The highest BCUT2D eigenvalue weighted by atomic mass is 19.1. The highest BCUT2D eigenvalue weighted by Crippen LogP contribution is 2.26. The van der Waals surface area contributed by atoms with E-state index >= 15 is 0 Å². The Morgan fingerprint density at radius 1 is 1.25 bits per heavy atom. The van der Waals surface area contributed by atoms with Gasteiger partial charge in [0.1, 0.15) is 23.2 Å². The Balaban J connectivity index is 1.79. The molecule has 0 bridgehead atoms. The van der Waals surface area contributed by atoms with Crippen LogP contribution in [-0.4, -0.2) is 45.1 Å². The first kappa shape index (κ1) is 23.7. The smallest absolute Gasteiger partial charge is 0.270 e. The molecule has 0 aliphatic carbocycles. The van der Waals surface area contributed by atoms with Crippen LogP contribution in [0.4, 0.5) is 14.5 Å². The van der Waals surface area contributed by atoms with Crippen molar-refractivity contribution in [1.29, 1.82) is 0 Å². The summed E-state index contributed by atoms with van der Waals surface area (Å²) in [6, 6.07) is 4.04. The zero-order valence-electron chi connectivity index (χ0n) is 18.3. The highest BCUT2D eigenvalue weighted by molar-refractivity contribution is 5.94. The fourth-order valence-electron chi connectivity index (χ4n) is 4.00. The Bertz CT molecular complexity index is 963. The van der Waals surface area contributed by atoms with Crippen LogP contribution in [0.3, 0.4) is 0 Å². The van der Waals surface area contributed by atoms with Gasteiger partial charge in [0.25, 0.3) is 5.91 Å². The Kier molecular flexibility index (Phi) is 7.50. The van der Waals surface area contributed by atoms with Gasteiger partial charge < -0.3 is 15.3 Å². The van der Waals surface area contributed by atoms with Crippen LogP contribution >= 0.6 is 0 Å². The van der Waals surface area contributed by atoms with Crippen LogP contribution in [0.2, 0.25) is 0 Å². The topological polar surface area (TPSA) is 95.4 Å². The molecule has 2 atom stereocenters. The summed E-state index contributed by atoms with van der Waals surface area (Å²) in [4.78, 5) is 35.1. The zero-order valence-corrected chi connectivity index (χ0v) is 18.3. The highest BCUT2D eigenvalue weighted by Gasteiger charge is 2.29. The average molecular weight is 446 g/mol. The maximum atomic E-state index is 13.7. The first-order chi connectivity index (χ1) is 15.1. The number of hydrogen-bond donors (Lipinski definition) is 2. The lowest BCUT2D eigenvalue weighted by Gasteiger charge is -2.29. The monoisotopic (exact) mass is 446 g/mol. The van der Waals surface area contributed by atoms with Crippen molar-refractivity contribution in [3.05, 3.63) is 53.6 Å². The second-order valence-corrected chi connectivity index (χ2v) is 8.53. The van der Waals surface area contributed by atoms with E-state index in [9.17, 15) is 23.5 Å². The summed E-state index contributed by atoms with van der Waals surface area (Å²) in [7, 11) is 0. The first-order valence-corrected chi connectivity index (χ1v) is 10.7. The predicted octanol–water partition coefficient (Wildman–Crippen LogP) is 3.30. The Hall–Kier alpha value is -2.94. The Morgan fingerprint density at radius 2 is 1.97 bits per heavy atom. The average Bonchev–Trinajstić information content (AvgIpc) is 2.72. The minimum atomic E-state index is -1.04. The largest absolute Gasteiger partial charge is 0.390 e. The van der Waals surface area contributed by atoms with Crippen molar-refractivity contribution in [3.8, 4) is 0 Å².